The maximum Gasteiger partial charge on any atom is 0.338 e. The molecule has 114 valence electrons. The first-order chi connectivity index (χ1) is 10.3. The zero-order chi connectivity index (χ0) is 14.5. The number of hydroxylamine groups is 1. The minimum absolute atomic E-state index is 0.298. The summed E-state index contributed by atoms with van der Waals surface area (Å²) in [4.78, 5) is 17.0. The van der Waals surface area contributed by atoms with Gasteiger partial charge in [-0.05, 0) is 36.8 Å². The molecule has 5 heteroatoms. The molecule has 0 bridgehead atoms. The van der Waals surface area contributed by atoms with Crippen LogP contribution in [0.5, 0.6) is 0 Å². The Hall–Kier alpha value is -1.59. The number of fused-ring (bicyclic) bond motifs is 1. The van der Waals surface area contributed by atoms with Crippen LogP contribution in [0.15, 0.2) is 24.3 Å². The molecule has 1 aromatic carbocycles. The molecule has 2 amide bonds. The first kappa shape index (κ1) is 14.4. The van der Waals surface area contributed by atoms with Crippen molar-refractivity contribution in [1.82, 2.24) is 10.8 Å². The molecule has 5 nitrogen and oxygen atoms in total. The van der Waals surface area contributed by atoms with Crippen molar-refractivity contribution in [2.24, 2.45) is 0 Å². The summed E-state index contributed by atoms with van der Waals surface area (Å²) in [5, 5.41) is 2.87. The molecule has 2 N–H and O–H groups in total. The average Bonchev–Trinajstić information content (AvgIpc) is 2.95. The highest BCUT2D eigenvalue weighted by Gasteiger charge is 2.22. The highest BCUT2D eigenvalue weighted by atomic mass is 16.8. The summed E-state index contributed by atoms with van der Waals surface area (Å²) in [6.07, 6.45) is 4.84. The van der Waals surface area contributed by atoms with E-state index in [4.69, 9.17) is 9.57 Å². The number of amides is 2. The predicted molar refractivity (Wildman–Crippen MR) is 78.7 cm³/mol. The Bertz CT molecular complexity index is 486. The molecule has 0 radical (unpaired) electrons. The van der Waals surface area contributed by atoms with Crippen LogP contribution < -0.4 is 10.8 Å². The van der Waals surface area contributed by atoms with Crippen molar-refractivity contribution in [2.45, 2.75) is 44.3 Å². The number of carbonyl (C=O) groups excluding carboxylic acids is 1. The number of urea groups is 1. The van der Waals surface area contributed by atoms with Crippen LogP contribution in [0.3, 0.4) is 0 Å². The van der Waals surface area contributed by atoms with Gasteiger partial charge in [0, 0.05) is 25.5 Å². The van der Waals surface area contributed by atoms with Gasteiger partial charge in [-0.2, -0.15) is 0 Å². The fourth-order valence-corrected chi connectivity index (χ4v) is 3.03. The molecule has 1 saturated heterocycles. The number of benzene rings is 1. The molecular formula is C16H22N2O3. The monoisotopic (exact) mass is 290 g/mol. The zero-order valence-corrected chi connectivity index (χ0v) is 12.1. The minimum Gasteiger partial charge on any atom is -0.350 e. The number of nitrogens with one attached hydrogen (secondary N) is 2. The van der Waals surface area contributed by atoms with Gasteiger partial charge in [-0.3, -0.25) is 0 Å². The molecule has 0 aromatic heterocycles. The van der Waals surface area contributed by atoms with Crippen LogP contribution in [0.1, 0.15) is 42.7 Å². The predicted octanol–water partition coefficient (Wildman–Crippen LogP) is 2.47. The lowest BCUT2D eigenvalue weighted by molar-refractivity contribution is -0.186. The SMILES string of the molecule is O=C(NC[C@H]1CCc2ccccc21)NO[C@@H]1CCCCO1. The lowest BCUT2D eigenvalue weighted by Crippen LogP contribution is -2.40. The fraction of sp³-hybridized carbons (Fsp3) is 0.562. The van der Waals surface area contributed by atoms with Gasteiger partial charge in [0.15, 0.2) is 6.29 Å². The molecule has 2 aliphatic rings. The van der Waals surface area contributed by atoms with Gasteiger partial charge in [-0.15, -0.1) is 0 Å². The number of carbonyl (C=O) groups is 1. The van der Waals surface area contributed by atoms with Gasteiger partial charge >= 0.3 is 6.03 Å². The van der Waals surface area contributed by atoms with E-state index in [1.54, 1.807) is 0 Å². The zero-order valence-electron chi connectivity index (χ0n) is 12.1. The number of aryl methyl sites for hydroxylation is 1. The normalized spacial score (nSPS) is 24.4. The van der Waals surface area contributed by atoms with Gasteiger partial charge in [-0.25, -0.2) is 15.1 Å². The summed E-state index contributed by atoms with van der Waals surface area (Å²) >= 11 is 0. The first-order valence-electron chi connectivity index (χ1n) is 7.72. The van der Waals surface area contributed by atoms with E-state index in [0.717, 1.165) is 32.1 Å². The summed E-state index contributed by atoms with van der Waals surface area (Å²) < 4.78 is 5.39. The van der Waals surface area contributed by atoms with E-state index in [0.29, 0.717) is 19.1 Å². The van der Waals surface area contributed by atoms with Crippen LogP contribution in [0.25, 0.3) is 0 Å². The van der Waals surface area contributed by atoms with Crippen molar-refractivity contribution in [3.63, 3.8) is 0 Å². The smallest absolute Gasteiger partial charge is 0.338 e. The van der Waals surface area contributed by atoms with Crippen molar-refractivity contribution in [2.75, 3.05) is 13.2 Å². The third-order valence-electron chi connectivity index (χ3n) is 4.19. The van der Waals surface area contributed by atoms with Crippen molar-refractivity contribution in [1.29, 1.82) is 0 Å². The summed E-state index contributed by atoms with van der Waals surface area (Å²) in [6, 6.07) is 8.14. The van der Waals surface area contributed by atoms with Crippen LogP contribution in [0.4, 0.5) is 4.79 Å². The maximum absolute atomic E-state index is 11.8. The molecule has 21 heavy (non-hydrogen) atoms. The van der Waals surface area contributed by atoms with Crippen LogP contribution in [0, 0.1) is 0 Å². The standard InChI is InChI=1S/C16H22N2O3/c19-16(18-21-15-7-3-4-10-20-15)17-11-13-9-8-12-5-1-2-6-14(12)13/h1-2,5-6,13,15H,3-4,7-11H2,(H2,17,18,19)/t13-,15-/m1/s1. The van der Waals surface area contributed by atoms with Gasteiger partial charge in [0.1, 0.15) is 0 Å². The average molecular weight is 290 g/mol. The molecule has 1 fully saturated rings. The summed E-state index contributed by atoms with van der Waals surface area (Å²) in [6.45, 7) is 1.34. The van der Waals surface area contributed by atoms with Gasteiger partial charge in [0.2, 0.25) is 0 Å². The van der Waals surface area contributed by atoms with Crippen molar-refractivity contribution < 1.29 is 14.4 Å². The molecule has 0 saturated carbocycles. The summed E-state index contributed by atoms with van der Waals surface area (Å²) in [5.74, 6) is 0.401. The maximum atomic E-state index is 11.8. The minimum atomic E-state index is -0.309. The van der Waals surface area contributed by atoms with E-state index < -0.39 is 0 Å². The quantitative estimate of drug-likeness (QED) is 0.838. The second kappa shape index (κ2) is 6.91. The molecule has 1 heterocycles. The second-order valence-electron chi connectivity index (χ2n) is 5.66. The van der Waals surface area contributed by atoms with E-state index in [1.165, 1.54) is 11.1 Å². The topological polar surface area (TPSA) is 59.6 Å². The first-order valence-corrected chi connectivity index (χ1v) is 7.72. The van der Waals surface area contributed by atoms with Crippen LogP contribution in [0.2, 0.25) is 0 Å². The Morgan fingerprint density at radius 2 is 2.19 bits per heavy atom. The number of hydrogen-bond donors (Lipinski definition) is 2. The van der Waals surface area contributed by atoms with E-state index in [2.05, 4.69) is 35.1 Å². The molecule has 3 rings (SSSR count). The molecule has 1 aliphatic carbocycles. The lowest BCUT2D eigenvalue weighted by atomic mass is 10.0. The van der Waals surface area contributed by atoms with Gasteiger partial charge in [-0.1, -0.05) is 24.3 Å². The second-order valence-corrected chi connectivity index (χ2v) is 5.66. The molecule has 1 aromatic rings. The third kappa shape index (κ3) is 3.74. The molecule has 0 unspecified atom stereocenters. The number of hydrogen-bond acceptors (Lipinski definition) is 3. The van der Waals surface area contributed by atoms with Gasteiger partial charge in [0.25, 0.3) is 0 Å². The lowest BCUT2D eigenvalue weighted by Gasteiger charge is -2.22. The van der Waals surface area contributed by atoms with Crippen LogP contribution in [-0.2, 0) is 16.0 Å². The highest BCUT2D eigenvalue weighted by molar-refractivity contribution is 5.72. The Labute approximate surface area is 125 Å². The Balaban J connectivity index is 1.40. The summed E-state index contributed by atoms with van der Waals surface area (Å²) in [7, 11) is 0. The largest absolute Gasteiger partial charge is 0.350 e. The fourth-order valence-electron chi connectivity index (χ4n) is 3.03. The molecule has 2 atom stereocenters. The van der Waals surface area contributed by atoms with E-state index >= 15 is 0 Å². The van der Waals surface area contributed by atoms with Gasteiger partial charge in [0.05, 0.1) is 0 Å². The van der Waals surface area contributed by atoms with E-state index in [9.17, 15) is 4.79 Å². The third-order valence-corrected chi connectivity index (χ3v) is 4.19. The van der Waals surface area contributed by atoms with E-state index in [1.807, 2.05) is 0 Å². The molecular weight excluding hydrogens is 268 g/mol. The molecule has 0 spiro atoms. The van der Waals surface area contributed by atoms with Crippen molar-refractivity contribution in [3.05, 3.63) is 35.4 Å². The van der Waals surface area contributed by atoms with E-state index in [-0.39, 0.29) is 12.3 Å². The summed E-state index contributed by atoms with van der Waals surface area (Å²) in [5.41, 5.74) is 5.18. The highest BCUT2D eigenvalue weighted by Crippen LogP contribution is 2.32. The Kier molecular flexibility index (Phi) is 4.72. The van der Waals surface area contributed by atoms with Crippen LogP contribution >= 0.6 is 0 Å². The number of ether oxygens (including phenoxy) is 1. The van der Waals surface area contributed by atoms with Crippen molar-refractivity contribution >= 4 is 6.03 Å². The van der Waals surface area contributed by atoms with Gasteiger partial charge < -0.3 is 10.1 Å². The molecule has 1 aliphatic heterocycles. The Morgan fingerprint density at radius 3 is 3.05 bits per heavy atom. The van der Waals surface area contributed by atoms with Crippen molar-refractivity contribution in [3.8, 4) is 0 Å². The Morgan fingerprint density at radius 1 is 1.29 bits per heavy atom. The number of rotatable bonds is 4. The van der Waals surface area contributed by atoms with Crippen LogP contribution in [-0.4, -0.2) is 25.5 Å².